The molecule has 0 aliphatic carbocycles. The molecule has 0 radical (unpaired) electrons. The van der Waals surface area contributed by atoms with Crippen molar-refractivity contribution < 1.29 is 4.79 Å². The number of Topliss-reactive ketones (excluding diaryl/α,β-unsaturated/α-hetero) is 1. The number of hydrogen-bond donors (Lipinski definition) is 0. The summed E-state index contributed by atoms with van der Waals surface area (Å²) in [7, 11) is 0. The van der Waals surface area contributed by atoms with Crippen molar-refractivity contribution in [2.24, 2.45) is 0 Å². The monoisotopic (exact) mass is 582 g/mol. The van der Waals surface area contributed by atoms with Crippen LogP contribution in [0.2, 0.25) is 13.3 Å². The van der Waals surface area contributed by atoms with Gasteiger partial charge in [-0.3, -0.25) is 0 Å². The van der Waals surface area contributed by atoms with Crippen LogP contribution in [0.4, 0.5) is 0 Å². The maximum absolute atomic E-state index is 12.0. The van der Waals surface area contributed by atoms with E-state index in [0.717, 1.165) is 42.1 Å². The normalized spacial score (nSPS) is 12.0. The van der Waals surface area contributed by atoms with Crippen LogP contribution < -0.4 is 0 Å². The van der Waals surface area contributed by atoms with Crippen LogP contribution in [-0.4, -0.2) is 24.2 Å². The number of unbranched alkanes of at least 4 members (excludes halogenated alkanes) is 4. The Morgan fingerprint density at radius 3 is 1.81 bits per heavy atom. The molecule has 0 aromatic heterocycles. The molecule has 0 N–H and O–H groups in total. The minimum absolute atomic E-state index is 0.439. The number of ketones is 1. The Labute approximate surface area is 181 Å². The molecule has 0 amide bonds. The first-order valence-electron chi connectivity index (χ1n) is 11.0. The van der Waals surface area contributed by atoms with E-state index in [9.17, 15) is 4.79 Å². The number of hydrogen-bond acceptors (Lipinski definition) is 1. The molecule has 0 rings (SSSR count). The molecule has 26 heavy (non-hydrogen) atoms. The van der Waals surface area contributed by atoms with E-state index in [1.165, 1.54) is 38.5 Å². The van der Waals surface area contributed by atoms with Crippen LogP contribution >= 0.6 is 22.6 Å². The fourth-order valence-electron chi connectivity index (χ4n) is 3.56. The van der Waals surface area contributed by atoms with Gasteiger partial charge in [0.2, 0.25) is 0 Å². The van der Waals surface area contributed by atoms with Gasteiger partial charge in [-0.25, -0.2) is 0 Å². The molecule has 0 atom stereocenters. The molecule has 0 saturated heterocycles. The molecular formula is C23H43IOSn. The topological polar surface area (TPSA) is 17.1 Å². The van der Waals surface area contributed by atoms with E-state index in [2.05, 4.69) is 60.1 Å². The van der Waals surface area contributed by atoms with Crippen LogP contribution in [0.15, 0.2) is 20.3 Å². The number of carbonyl (C=O) groups excluding carboxylic acids is 1. The van der Waals surface area contributed by atoms with Crippen molar-refractivity contribution in [3.63, 3.8) is 0 Å². The van der Waals surface area contributed by atoms with Crippen molar-refractivity contribution >= 4 is 46.8 Å². The van der Waals surface area contributed by atoms with Crippen molar-refractivity contribution in [3.05, 3.63) is 20.3 Å². The Balaban J connectivity index is 4.43. The van der Waals surface area contributed by atoms with E-state index in [1.807, 2.05) is 0 Å². The van der Waals surface area contributed by atoms with E-state index in [4.69, 9.17) is 0 Å². The van der Waals surface area contributed by atoms with Gasteiger partial charge in [0.15, 0.2) is 0 Å². The summed E-state index contributed by atoms with van der Waals surface area (Å²) >= 11 is 0.163. The van der Waals surface area contributed by atoms with Crippen LogP contribution in [0.1, 0.15) is 97.8 Å². The van der Waals surface area contributed by atoms with E-state index >= 15 is 0 Å². The fraction of sp³-hybridized carbons (Fsp3) is 0.783. The van der Waals surface area contributed by atoms with Crippen LogP contribution in [0.3, 0.4) is 0 Å². The molecule has 0 bridgehead atoms. The van der Waals surface area contributed by atoms with Gasteiger partial charge in [0.05, 0.1) is 0 Å². The van der Waals surface area contributed by atoms with Gasteiger partial charge in [0, 0.05) is 0 Å². The average molecular weight is 581 g/mol. The molecule has 0 heterocycles. The molecule has 0 aromatic carbocycles. The van der Waals surface area contributed by atoms with Gasteiger partial charge in [-0.15, -0.1) is 0 Å². The summed E-state index contributed by atoms with van der Waals surface area (Å²) in [6.07, 6.45) is 16.4. The predicted octanol–water partition coefficient (Wildman–Crippen LogP) is 8.79. The number of carbonyl (C=O) groups is 1. The third-order valence-electron chi connectivity index (χ3n) is 5.29. The van der Waals surface area contributed by atoms with Crippen molar-refractivity contribution in [2.45, 2.75) is 111 Å². The Bertz CT molecular complexity index is 381. The van der Waals surface area contributed by atoms with Crippen LogP contribution in [-0.2, 0) is 4.79 Å². The first-order valence-corrected chi connectivity index (χ1v) is 19.8. The minimum atomic E-state index is -2.09. The van der Waals surface area contributed by atoms with Gasteiger partial charge in [-0.2, -0.15) is 0 Å². The maximum atomic E-state index is 12.0. The summed E-state index contributed by atoms with van der Waals surface area (Å²) in [6.45, 7) is 10.9. The van der Waals surface area contributed by atoms with Gasteiger partial charge < -0.3 is 0 Å². The predicted molar refractivity (Wildman–Crippen MR) is 130 cm³/mol. The summed E-state index contributed by atoms with van der Waals surface area (Å²) in [5, 5.41) is 0. The summed E-state index contributed by atoms with van der Waals surface area (Å²) in [5.74, 6) is 0.439. The van der Waals surface area contributed by atoms with Gasteiger partial charge >= 0.3 is 183 Å². The first kappa shape index (κ1) is 26.7. The molecule has 152 valence electrons. The number of rotatable bonds is 18. The summed E-state index contributed by atoms with van der Waals surface area (Å²) in [4.78, 5) is 12.0. The molecule has 0 fully saturated rings. The summed E-state index contributed by atoms with van der Waals surface area (Å²) in [5.41, 5.74) is 0. The zero-order valence-electron chi connectivity index (χ0n) is 17.8. The molecule has 0 saturated carbocycles. The third kappa shape index (κ3) is 14.7. The second-order valence-electron chi connectivity index (χ2n) is 7.88. The van der Waals surface area contributed by atoms with E-state index in [0.29, 0.717) is 5.78 Å². The Morgan fingerprint density at radius 2 is 1.35 bits per heavy atom. The van der Waals surface area contributed by atoms with Crippen molar-refractivity contribution in [1.29, 1.82) is 0 Å². The van der Waals surface area contributed by atoms with Crippen molar-refractivity contribution in [1.82, 2.24) is 0 Å². The second-order valence-corrected chi connectivity index (χ2v) is 22.4. The number of allylic oxidation sites excluding steroid dienone is 2. The van der Waals surface area contributed by atoms with Crippen LogP contribution in [0.25, 0.3) is 0 Å². The third-order valence-corrected chi connectivity index (χ3v) is 20.1. The van der Waals surface area contributed by atoms with Crippen molar-refractivity contribution in [2.75, 3.05) is 0 Å². The summed E-state index contributed by atoms with van der Waals surface area (Å²) < 4.78 is 8.54. The van der Waals surface area contributed by atoms with Gasteiger partial charge in [0.25, 0.3) is 0 Å². The Morgan fingerprint density at radius 1 is 0.846 bits per heavy atom. The van der Waals surface area contributed by atoms with Gasteiger partial charge in [0.1, 0.15) is 0 Å². The molecule has 0 unspecified atom stereocenters. The van der Waals surface area contributed by atoms with Gasteiger partial charge in [-0.1, -0.05) is 0 Å². The van der Waals surface area contributed by atoms with E-state index in [1.54, 1.807) is 13.3 Å². The Hall–Kier alpha value is 0.679. The first-order chi connectivity index (χ1) is 12.5. The molecule has 1 nitrogen and oxygen atoms in total. The Kier molecular flexibility index (Phi) is 18.2. The molecule has 3 heteroatoms. The van der Waals surface area contributed by atoms with Gasteiger partial charge in [-0.05, 0) is 0 Å². The van der Waals surface area contributed by atoms with E-state index < -0.39 is 18.4 Å². The fourth-order valence-corrected chi connectivity index (χ4v) is 18.5. The molecule has 0 aliphatic rings. The molecular weight excluding hydrogens is 538 g/mol. The standard InChI is InChI=1S/C11H16IO.3C4H9.Sn/c1-3-4-5-8-11(13)9-6-7-10(2)12;3*1-3-4-2;/h1,3H,2,4-9H2;3*1,3-4H2,2H3;. The van der Waals surface area contributed by atoms with Crippen LogP contribution in [0.5, 0.6) is 0 Å². The average Bonchev–Trinajstić information content (AvgIpc) is 2.62. The molecule has 0 aromatic rings. The molecule has 0 spiro atoms. The summed E-state index contributed by atoms with van der Waals surface area (Å²) in [6, 6.07) is 0. The van der Waals surface area contributed by atoms with Crippen LogP contribution in [0, 0.1) is 0 Å². The zero-order valence-corrected chi connectivity index (χ0v) is 22.8. The SMILES string of the molecule is C=C(I)CCCC(=O)CCC/C=[CH]/[Sn]([CH2]CCC)([CH2]CCC)[CH2]CCC. The van der Waals surface area contributed by atoms with Crippen molar-refractivity contribution in [3.8, 4) is 0 Å². The van der Waals surface area contributed by atoms with E-state index in [-0.39, 0.29) is 0 Å². The zero-order chi connectivity index (χ0) is 19.7. The number of halogens is 1. The molecule has 0 aliphatic heterocycles. The quantitative estimate of drug-likeness (QED) is 0.0899. The second kappa shape index (κ2) is 17.8.